The largest absolute Gasteiger partial charge is 0.375 e. The summed E-state index contributed by atoms with van der Waals surface area (Å²) in [7, 11) is -1.47. The Morgan fingerprint density at radius 3 is 2.47 bits per heavy atom. The molecule has 1 aliphatic heterocycles. The highest BCUT2D eigenvalue weighted by molar-refractivity contribution is 7.91. The van der Waals surface area contributed by atoms with Crippen LogP contribution in [0.3, 0.4) is 0 Å². The topological polar surface area (TPSA) is 79.5 Å². The average molecular weight is 304 g/mol. The van der Waals surface area contributed by atoms with E-state index in [1.54, 1.807) is 6.92 Å². The molecule has 1 aromatic rings. The first-order valence-corrected chi connectivity index (χ1v) is 8.34. The van der Waals surface area contributed by atoms with Crippen molar-refractivity contribution >= 4 is 26.5 Å². The van der Waals surface area contributed by atoms with Crippen molar-refractivity contribution in [2.24, 2.45) is 0 Å². The number of aromatic nitrogens is 1. The van der Waals surface area contributed by atoms with Gasteiger partial charge < -0.3 is 5.73 Å². The van der Waals surface area contributed by atoms with Crippen molar-refractivity contribution in [1.82, 2.24) is 14.2 Å². The molecule has 0 saturated carbocycles. The Kier molecular flexibility index (Phi) is 3.63. The summed E-state index contributed by atoms with van der Waals surface area (Å²) in [5.74, 6) is 0. The molecule has 2 N–H and O–H groups in total. The standard InChI is InChI=1S/C11H20N4O2S2/c1-8-9(18-10(12)13-8)19(16,17)15-6-5-14(4)11(2,3)7-15/h5-7H2,1-4H3,(H2,12,13). The molecule has 0 atom stereocenters. The Bertz CT molecular complexity index is 580. The number of sulfonamides is 1. The summed E-state index contributed by atoms with van der Waals surface area (Å²) in [6.07, 6.45) is 0. The fourth-order valence-corrected chi connectivity index (χ4v) is 5.18. The van der Waals surface area contributed by atoms with Crippen LogP contribution in [-0.4, -0.2) is 54.8 Å². The molecule has 1 saturated heterocycles. The highest BCUT2D eigenvalue weighted by Crippen LogP contribution is 2.30. The van der Waals surface area contributed by atoms with Crippen LogP contribution in [-0.2, 0) is 10.0 Å². The van der Waals surface area contributed by atoms with Crippen LogP contribution in [0, 0.1) is 6.92 Å². The third-order valence-electron chi connectivity index (χ3n) is 3.63. The van der Waals surface area contributed by atoms with Gasteiger partial charge in [-0.25, -0.2) is 13.4 Å². The Morgan fingerprint density at radius 2 is 2.00 bits per heavy atom. The first-order valence-electron chi connectivity index (χ1n) is 6.09. The molecule has 0 unspecified atom stereocenters. The molecule has 1 fully saturated rings. The van der Waals surface area contributed by atoms with Gasteiger partial charge in [-0.1, -0.05) is 11.3 Å². The normalized spacial score (nSPS) is 21.7. The lowest BCUT2D eigenvalue weighted by atomic mass is 10.0. The highest BCUT2D eigenvalue weighted by Gasteiger charge is 2.38. The number of nitrogens with two attached hydrogens (primary N) is 1. The zero-order chi connectivity index (χ0) is 14.4. The molecule has 0 aliphatic carbocycles. The van der Waals surface area contributed by atoms with Crippen molar-refractivity contribution in [3.8, 4) is 0 Å². The number of rotatable bonds is 2. The van der Waals surface area contributed by atoms with E-state index in [0.717, 1.165) is 17.9 Å². The number of nitrogens with zero attached hydrogens (tertiary/aromatic N) is 3. The van der Waals surface area contributed by atoms with Crippen LogP contribution in [0.2, 0.25) is 0 Å². The van der Waals surface area contributed by atoms with E-state index in [1.807, 2.05) is 20.9 Å². The molecule has 0 radical (unpaired) electrons. The van der Waals surface area contributed by atoms with Gasteiger partial charge in [-0.2, -0.15) is 4.31 Å². The Morgan fingerprint density at radius 1 is 1.37 bits per heavy atom. The molecule has 8 heteroatoms. The lowest BCUT2D eigenvalue weighted by molar-refractivity contribution is 0.0802. The molecule has 2 rings (SSSR count). The van der Waals surface area contributed by atoms with Crippen LogP contribution in [0.15, 0.2) is 4.21 Å². The number of piperazine rings is 1. The zero-order valence-electron chi connectivity index (χ0n) is 11.7. The average Bonchev–Trinajstić information content (AvgIpc) is 2.62. The van der Waals surface area contributed by atoms with E-state index in [4.69, 9.17) is 5.73 Å². The second kappa shape index (κ2) is 4.69. The maximum atomic E-state index is 12.6. The second-order valence-electron chi connectivity index (χ2n) is 5.50. The lowest BCUT2D eigenvalue weighted by Crippen LogP contribution is -2.58. The molecule has 1 aliphatic rings. The van der Waals surface area contributed by atoms with Crippen molar-refractivity contribution in [2.75, 3.05) is 32.4 Å². The lowest BCUT2D eigenvalue weighted by Gasteiger charge is -2.44. The molecule has 0 aromatic carbocycles. The third-order valence-corrected chi connectivity index (χ3v) is 7.04. The minimum Gasteiger partial charge on any atom is -0.375 e. The molecule has 1 aromatic heterocycles. The van der Waals surface area contributed by atoms with Gasteiger partial charge in [-0.3, -0.25) is 4.90 Å². The van der Waals surface area contributed by atoms with Gasteiger partial charge in [0.25, 0.3) is 10.0 Å². The SMILES string of the molecule is Cc1nc(N)sc1S(=O)(=O)N1CCN(C)C(C)(C)C1. The van der Waals surface area contributed by atoms with Gasteiger partial charge in [0.2, 0.25) is 0 Å². The van der Waals surface area contributed by atoms with Gasteiger partial charge >= 0.3 is 0 Å². The van der Waals surface area contributed by atoms with Gasteiger partial charge in [0.1, 0.15) is 0 Å². The van der Waals surface area contributed by atoms with Gasteiger partial charge in [-0.15, -0.1) is 0 Å². The van der Waals surface area contributed by atoms with Crippen LogP contribution in [0.25, 0.3) is 0 Å². The number of thiazole rings is 1. The van der Waals surface area contributed by atoms with Crippen LogP contribution < -0.4 is 5.73 Å². The Hall–Kier alpha value is -0.700. The molecule has 0 amide bonds. The fourth-order valence-electron chi connectivity index (χ4n) is 2.16. The summed E-state index contributed by atoms with van der Waals surface area (Å²) in [6.45, 7) is 7.47. The van der Waals surface area contributed by atoms with E-state index in [9.17, 15) is 8.42 Å². The van der Waals surface area contributed by atoms with E-state index in [1.165, 1.54) is 4.31 Å². The Balaban J connectivity index is 2.34. The molecule has 0 spiro atoms. The van der Waals surface area contributed by atoms with Crippen LogP contribution >= 0.6 is 11.3 Å². The third kappa shape index (κ3) is 2.62. The van der Waals surface area contributed by atoms with Crippen molar-refractivity contribution < 1.29 is 8.42 Å². The monoisotopic (exact) mass is 304 g/mol. The minimum atomic E-state index is -3.48. The van der Waals surface area contributed by atoms with Gasteiger partial charge in [0.15, 0.2) is 9.34 Å². The van der Waals surface area contributed by atoms with Crippen molar-refractivity contribution in [1.29, 1.82) is 0 Å². The van der Waals surface area contributed by atoms with Crippen LogP contribution in [0.1, 0.15) is 19.5 Å². The highest BCUT2D eigenvalue weighted by atomic mass is 32.2. The van der Waals surface area contributed by atoms with Gasteiger partial charge in [0, 0.05) is 25.2 Å². The van der Waals surface area contributed by atoms with E-state index in [-0.39, 0.29) is 9.75 Å². The fraction of sp³-hybridized carbons (Fsp3) is 0.727. The van der Waals surface area contributed by atoms with Gasteiger partial charge in [-0.05, 0) is 27.8 Å². The van der Waals surface area contributed by atoms with Crippen LogP contribution in [0.5, 0.6) is 0 Å². The predicted molar refractivity (Wildman–Crippen MR) is 76.7 cm³/mol. The molecule has 0 bridgehead atoms. The summed E-state index contributed by atoms with van der Waals surface area (Å²) < 4.78 is 27.1. The van der Waals surface area contributed by atoms with E-state index < -0.39 is 10.0 Å². The molecular weight excluding hydrogens is 284 g/mol. The number of nitrogen functional groups attached to an aromatic ring is 1. The molecular formula is C11H20N4O2S2. The molecule has 2 heterocycles. The number of hydrogen-bond donors (Lipinski definition) is 1. The first kappa shape index (κ1) is 14.7. The maximum Gasteiger partial charge on any atom is 0.254 e. The predicted octanol–water partition coefficient (Wildman–Crippen LogP) is 0.748. The molecule has 108 valence electrons. The smallest absolute Gasteiger partial charge is 0.254 e. The number of likely N-dealkylation sites (N-methyl/N-ethyl adjacent to an activating group) is 1. The second-order valence-corrected chi connectivity index (χ2v) is 8.66. The Labute approximate surface area is 118 Å². The maximum absolute atomic E-state index is 12.6. The van der Waals surface area contributed by atoms with Crippen molar-refractivity contribution in [2.45, 2.75) is 30.5 Å². The molecule has 6 nitrogen and oxygen atoms in total. The van der Waals surface area contributed by atoms with E-state index in [2.05, 4.69) is 9.88 Å². The van der Waals surface area contributed by atoms with Gasteiger partial charge in [0.05, 0.1) is 5.69 Å². The number of anilines is 1. The number of hydrogen-bond acceptors (Lipinski definition) is 6. The first-order chi connectivity index (χ1) is 8.64. The van der Waals surface area contributed by atoms with E-state index >= 15 is 0 Å². The summed E-state index contributed by atoms with van der Waals surface area (Å²) in [6, 6.07) is 0. The summed E-state index contributed by atoms with van der Waals surface area (Å²) >= 11 is 1.04. The number of aryl methyl sites for hydroxylation is 1. The van der Waals surface area contributed by atoms with E-state index in [0.29, 0.717) is 23.9 Å². The summed E-state index contributed by atoms with van der Waals surface area (Å²) in [5, 5.41) is 0.296. The van der Waals surface area contributed by atoms with Crippen molar-refractivity contribution in [3.05, 3.63) is 5.69 Å². The van der Waals surface area contributed by atoms with Crippen LogP contribution in [0.4, 0.5) is 5.13 Å². The van der Waals surface area contributed by atoms with Crippen molar-refractivity contribution in [3.63, 3.8) is 0 Å². The summed E-state index contributed by atoms with van der Waals surface area (Å²) in [5.41, 5.74) is 5.91. The summed E-state index contributed by atoms with van der Waals surface area (Å²) in [4.78, 5) is 6.18. The zero-order valence-corrected chi connectivity index (χ0v) is 13.3. The quantitative estimate of drug-likeness (QED) is 0.872. The minimum absolute atomic E-state index is 0.171. The molecule has 19 heavy (non-hydrogen) atoms.